The van der Waals surface area contributed by atoms with Gasteiger partial charge in [-0.2, -0.15) is 0 Å². The third-order valence-corrected chi connectivity index (χ3v) is 5.94. The van der Waals surface area contributed by atoms with Crippen LogP contribution in [0.3, 0.4) is 0 Å². The first kappa shape index (κ1) is 24.9. The molecule has 8 nitrogen and oxygen atoms in total. The van der Waals surface area contributed by atoms with Crippen molar-refractivity contribution in [1.29, 1.82) is 0 Å². The summed E-state index contributed by atoms with van der Waals surface area (Å²) >= 11 is 0. The topological polar surface area (TPSA) is 99.8 Å². The van der Waals surface area contributed by atoms with Crippen molar-refractivity contribution in [3.63, 3.8) is 0 Å². The van der Waals surface area contributed by atoms with Crippen LogP contribution in [0.4, 0.5) is 11.4 Å². The zero-order valence-electron chi connectivity index (χ0n) is 20.2. The molecule has 0 saturated carbocycles. The molecule has 1 aliphatic heterocycles. The van der Waals surface area contributed by atoms with E-state index in [0.717, 1.165) is 11.3 Å². The van der Waals surface area contributed by atoms with E-state index in [-0.39, 0.29) is 30.3 Å². The molecule has 0 radical (unpaired) electrons. The minimum atomic E-state index is -0.251. The van der Waals surface area contributed by atoms with Gasteiger partial charge in [-0.25, -0.2) is 0 Å². The zero-order chi connectivity index (χ0) is 25.3. The van der Waals surface area contributed by atoms with Crippen LogP contribution in [0.25, 0.3) is 0 Å². The van der Waals surface area contributed by atoms with Crippen LogP contribution in [0.2, 0.25) is 0 Å². The molecule has 0 spiro atoms. The van der Waals surface area contributed by atoms with E-state index in [1.54, 1.807) is 53.4 Å². The van der Waals surface area contributed by atoms with Gasteiger partial charge in [0.1, 0.15) is 0 Å². The zero-order valence-corrected chi connectivity index (χ0v) is 20.2. The molecular weight excluding hydrogens is 456 g/mol. The van der Waals surface area contributed by atoms with Crippen molar-refractivity contribution in [2.45, 2.75) is 13.0 Å². The molecule has 1 saturated heterocycles. The Morgan fingerprint density at radius 2 is 1.58 bits per heavy atom. The molecule has 3 amide bonds. The van der Waals surface area contributed by atoms with Crippen LogP contribution in [-0.2, 0) is 9.53 Å². The fraction of sp³-hybridized carbons (Fsp3) is 0.250. The van der Waals surface area contributed by atoms with Crippen LogP contribution in [0.1, 0.15) is 39.2 Å². The predicted octanol–water partition coefficient (Wildman–Crippen LogP) is 3.70. The quantitative estimate of drug-likeness (QED) is 0.451. The van der Waals surface area contributed by atoms with Gasteiger partial charge in [0.2, 0.25) is 5.91 Å². The average molecular weight is 487 g/mol. The maximum atomic E-state index is 12.7. The van der Waals surface area contributed by atoms with Gasteiger partial charge in [-0.05, 0) is 55.0 Å². The maximum absolute atomic E-state index is 12.7. The maximum Gasteiger partial charge on any atom is 0.254 e. The van der Waals surface area contributed by atoms with E-state index in [0.29, 0.717) is 43.1 Å². The molecule has 1 fully saturated rings. The van der Waals surface area contributed by atoms with Crippen LogP contribution in [0, 0.1) is 0 Å². The van der Waals surface area contributed by atoms with E-state index >= 15 is 0 Å². The molecule has 0 aliphatic carbocycles. The van der Waals surface area contributed by atoms with E-state index in [1.807, 2.05) is 37.3 Å². The van der Waals surface area contributed by atoms with Gasteiger partial charge in [0.15, 0.2) is 0 Å². The molecule has 0 bridgehead atoms. The van der Waals surface area contributed by atoms with Gasteiger partial charge in [0.05, 0.1) is 25.8 Å². The van der Waals surface area contributed by atoms with Crippen LogP contribution < -0.4 is 16.0 Å². The molecule has 1 unspecified atom stereocenters. The molecule has 4 rings (SSSR count). The Bertz CT molecular complexity index is 1190. The molecule has 1 atom stereocenters. The van der Waals surface area contributed by atoms with Gasteiger partial charge in [-0.15, -0.1) is 0 Å². The Kier molecular flexibility index (Phi) is 8.31. The number of anilines is 2. The van der Waals surface area contributed by atoms with E-state index in [2.05, 4.69) is 16.0 Å². The Balaban J connectivity index is 1.27. The number of hydrogen-bond donors (Lipinski definition) is 3. The number of benzene rings is 3. The van der Waals surface area contributed by atoms with Crippen molar-refractivity contribution < 1.29 is 19.1 Å². The summed E-state index contributed by atoms with van der Waals surface area (Å²) in [6.45, 7) is 4.26. The first-order valence-corrected chi connectivity index (χ1v) is 12.0. The SMILES string of the molecule is CC(NC(=O)c1cccc(NC(=O)CNc2ccc(C(=O)N3CCOCC3)cc2)c1)c1ccccc1. The summed E-state index contributed by atoms with van der Waals surface area (Å²) in [5, 5.41) is 8.84. The summed E-state index contributed by atoms with van der Waals surface area (Å²) in [5.41, 5.74) is 3.34. The van der Waals surface area contributed by atoms with Crippen LogP contribution >= 0.6 is 0 Å². The van der Waals surface area contributed by atoms with E-state index < -0.39 is 0 Å². The highest BCUT2D eigenvalue weighted by Crippen LogP contribution is 2.16. The number of carbonyl (C=O) groups is 3. The number of nitrogens with one attached hydrogen (secondary N) is 3. The van der Waals surface area contributed by atoms with Crippen molar-refractivity contribution in [3.8, 4) is 0 Å². The summed E-state index contributed by atoms with van der Waals surface area (Å²) in [6, 6.07) is 23.5. The van der Waals surface area contributed by atoms with Crippen molar-refractivity contribution >= 4 is 29.1 Å². The number of morpholine rings is 1. The third-order valence-electron chi connectivity index (χ3n) is 5.94. The number of carbonyl (C=O) groups excluding carboxylic acids is 3. The second kappa shape index (κ2) is 12.0. The smallest absolute Gasteiger partial charge is 0.254 e. The number of hydrogen-bond acceptors (Lipinski definition) is 5. The standard InChI is InChI=1S/C28H30N4O4/c1-20(21-6-3-2-4-7-21)30-27(34)23-8-5-9-25(18-23)31-26(33)19-29-24-12-10-22(11-13-24)28(35)32-14-16-36-17-15-32/h2-13,18,20,29H,14-17,19H2,1H3,(H,30,34)(H,31,33). The molecule has 3 aromatic rings. The molecular formula is C28H30N4O4. The molecule has 36 heavy (non-hydrogen) atoms. The second-order valence-electron chi connectivity index (χ2n) is 8.57. The third kappa shape index (κ3) is 6.70. The molecule has 1 heterocycles. The van der Waals surface area contributed by atoms with Crippen LogP contribution in [0.15, 0.2) is 78.9 Å². The molecule has 1 aliphatic rings. The largest absolute Gasteiger partial charge is 0.378 e. The lowest BCUT2D eigenvalue weighted by Crippen LogP contribution is -2.40. The van der Waals surface area contributed by atoms with Gasteiger partial charge < -0.3 is 25.6 Å². The van der Waals surface area contributed by atoms with Gasteiger partial charge in [-0.1, -0.05) is 36.4 Å². The monoisotopic (exact) mass is 486 g/mol. The Hall–Kier alpha value is -4.17. The second-order valence-corrected chi connectivity index (χ2v) is 8.57. The van der Waals surface area contributed by atoms with Gasteiger partial charge in [0, 0.05) is 35.6 Å². The number of rotatable bonds is 8. The Morgan fingerprint density at radius 1 is 0.861 bits per heavy atom. The lowest BCUT2D eigenvalue weighted by Gasteiger charge is -2.26. The summed E-state index contributed by atoms with van der Waals surface area (Å²) < 4.78 is 5.29. The average Bonchev–Trinajstić information content (AvgIpc) is 2.93. The Labute approximate surface area is 210 Å². The molecule has 186 valence electrons. The van der Waals surface area contributed by atoms with E-state index in [4.69, 9.17) is 4.74 Å². The van der Waals surface area contributed by atoms with Crippen molar-refractivity contribution in [3.05, 3.63) is 95.6 Å². The summed E-state index contributed by atoms with van der Waals surface area (Å²) in [4.78, 5) is 39.5. The van der Waals surface area contributed by atoms with Crippen LogP contribution in [-0.4, -0.2) is 55.5 Å². The molecule has 3 N–H and O–H groups in total. The first-order chi connectivity index (χ1) is 17.5. The highest BCUT2D eigenvalue weighted by Gasteiger charge is 2.18. The fourth-order valence-corrected chi connectivity index (χ4v) is 3.91. The van der Waals surface area contributed by atoms with E-state index in [9.17, 15) is 14.4 Å². The predicted molar refractivity (Wildman–Crippen MR) is 139 cm³/mol. The number of nitrogens with zero attached hydrogens (tertiary/aromatic N) is 1. The summed E-state index contributed by atoms with van der Waals surface area (Å²) in [5.74, 6) is -0.490. The van der Waals surface area contributed by atoms with E-state index in [1.165, 1.54) is 0 Å². The molecule has 8 heteroatoms. The van der Waals surface area contributed by atoms with Crippen molar-refractivity contribution in [1.82, 2.24) is 10.2 Å². The van der Waals surface area contributed by atoms with Gasteiger partial charge >= 0.3 is 0 Å². The highest BCUT2D eigenvalue weighted by molar-refractivity contribution is 5.98. The van der Waals surface area contributed by atoms with Crippen molar-refractivity contribution in [2.75, 3.05) is 43.5 Å². The number of amides is 3. The minimum absolute atomic E-state index is 0.0234. The number of ether oxygens (including phenoxy) is 1. The lowest BCUT2D eigenvalue weighted by atomic mass is 10.1. The fourth-order valence-electron chi connectivity index (χ4n) is 3.91. The molecule has 3 aromatic carbocycles. The normalized spacial score (nSPS) is 14.0. The van der Waals surface area contributed by atoms with Gasteiger partial charge in [-0.3, -0.25) is 14.4 Å². The van der Waals surface area contributed by atoms with Crippen molar-refractivity contribution in [2.24, 2.45) is 0 Å². The summed E-state index contributed by atoms with van der Waals surface area (Å²) in [6.07, 6.45) is 0. The summed E-state index contributed by atoms with van der Waals surface area (Å²) in [7, 11) is 0. The Morgan fingerprint density at radius 3 is 2.31 bits per heavy atom. The first-order valence-electron chi connectivity index (χ1n) is 12.0. The van der Waals surface area contributed by atoms with Crippen LogP contribution in [0.5, 0.6) is 0 Å². The minimum Gasteiger partial charge on any atom is -0.378 e. The van der Waals surface area contributed by atoms with Gasteiger partial charge in [0.25, 0.3) is 11.8 Å². The highest BCUT2D eigenvalue weighted by atomic mass is 16.5. The lowest BCUT2D eigenvalue weighted by molar-refractivity contribution is -0.114. The molecule has 0 aromatic heterocycles.